The van der Waals surface area contributed by atoms with Crippen molar-refractivity contribution in [2.45, 2.75) is 0 Å². The number of rotatable bonds is 3. The number of phenolic OH excluding ortho intramolecular Hbond substituents is 1. The van der Waals surface area contributed by atoms with Gasteiger partial charge in [-0.05, 0) is 28.8 Å². The van der Waals surface area contributed by atoms with Crippen molar-refractivity contribution in [1.29, 1.82) is 0 Å². The molecule has 2 rings (SSSR count). The maximum absolute atomic E-state index is 9.21. The average molecular weight is 226 g/mol. The third-order valence-corrected chi connectivity index (χ3v) is 2.53. The molecule has 0 atom stereocenters. The molecule has 0 saturated carbocycles. The summed E-state index contributed by atoms with van der Waals surface area (Å²) < 4.78 is 0. The van der Waals surface area contributed by atoms with Gasteiger partial charge in [0.15, 0.2) is 0 Å². The van der Waals surface area contributed by atoms with Crippen molar-refractivity contribution in [1.82, 2.24) is 0 Å². The Kier molecular flexibility index (Phi) is 3.58. The second-order valence-electron chi connectivity index (χ2n) is 3.75. The van der Waals surface area contributed by atoms with E-state index in [1.807, 2.05) is 42.5 Å². The summed E-state index contributed by atoms with van der Waals surface area (Å²) in [6, 6.07) is 15.1. The van der Waals surface area contributed by atoms with Crippen LogP contribution in [0, 0.1) is 0 Å². The molecule has 0 heterocycles. The topological polar surface area (TPSA) is 40.5 Å². The number of phenols is 1. The van der Waals surface area contributed by atoms with E-state index in [1.165, 1.54) is 0 Å². The Morgan fingerprint density at radius 1 is 0.824 bits per heavy atom. The highest BCUT2D eigenvalue weighted by Crippen LogP contribution is 2.22. The zero-order valence-corrected chi connectivity index (χ0v) is 9.38. The molecule has 0 aliphatic carbocycles. The van der Waals surface area contributed by atoms with Crippen molar-refractivity contribution >= 4 is 6.08 Å². The molecular weight excluding hydrogens is 212 g/mol. The lowest BCUT2D eigenvalue weighted by Crippen LogP contribution is -1.79. The first-order valence-electron chi connectivity index (χ1n) is 5.46. The van der Waals surface area contributed by atoms with Gasteiger partial charge in [-0.25, -0.2) is 0 Å². The highest BCUT2D eigenvalue weighted by molar-refractivity contribution is 5.66. The third-order valence-electron chi connectivity index (χ3n) is 2.53. The SMILES string of the molecule is OCC=Cc1ccc(-c2ccc(O)cc2)cc1. The summed E-state index contributed by atoms with van der Waals surface area (Å²) in [4.78, 5) is 0. The van der Waals surface area contributed by atoms with E-state index in [0.717, 1.165) is 16.7 Å². The lowest BCUT2D eigenvalue weighted by Gasteiger charge is -2.02. The Labute approximate surface area is 100 Å². The zero-order chi connectivity index (χ0) is 12.1. The molecule has 0 radical (unpaired) electrons. The van der Waals surface area contributed by atoms with E-state index >= 15 is 0 Å². The Morgan fingerprint density at radius 3 is 1.88 bits per heavy atom. The molecule has 0 bridgehead atoms. The minimum atomic E-state index is 0.0553. The highest BCUT2D eigenvalue weighted by Gasteiger charge is 1.97. The molecule has 0 unspecified atom stereocenters. The van der Waals surface area contributed by atoms with Gasteiger partial charge in [0, 0.05) is 0 Å². The van der Waals surface area contributed by atoms with Crippen LogP contribution in [0.25, 0.3) is 17.2 Å². The lowest BCUT2D eigenvalue weighted by atomic mass is 10.0. The number of aliphatic hydroxyl groups excluding tert-OH is 1. The molecule has 2 heteroatoms. The van der Waals surface area contributed by atoms with Crippen molar-refractivity contribution in [3.63, 3.8) is 0 Å². The van der Waals surface area contributed by atoms with Gasteiger partial charge in [-0.2, -0.15) is 0 Å². The third kappa shape index (κ3) is 2.95. The van der Waals surface area contributed by atoms with E-state index < -0.39 is 0 Å². The molecule has 86 valence electrons. The van der Waals surface area contributed by atoms with Crippen LogP contribution in [0.4, 0.5) is 0 Å². The summed E-state index contributed by atoms with van der Waals surface area (Å²) in [5.74, 6) is 0.274. The molecule has 0 aromatic heterocycles. The quantitative estimate of drug-likeness (QED) is 0.844. The predicted octanol–water partition coefficient (Wildman–Crippen LogP) is 3.06. The van der Waals surface area contributed by atoms with Gasteiger partial charge in [0.2, 0.25) is 0 Å². The van der Waals surface area contributed by atoms with Crippen LogP contribution in [0.15, 0.2) is 54.6 Å². The van der Waals surface area contributed by atoms with Crippen LogP contribution < -0.4 is 0 Å². The second-order valence-corrected chi connectivity index (χ2v) is 3.75. The van der Waals surface area contributed by atoms with Gasteiger partial charge < -0.3 is 10.2 Å². The normalized spacial score (nSPS) is 10.9. The lowest BCUT2D eigenvalue weighted by molar-refractivity contribution is 0.343. The molecule has 2 aromatic carbocycles. The number of hydrogen-bond acceptors (Lipinski definition) is 2. The van der Waals surface area contributed by atoms with Gasteiger partial charge in [0.05, 0.1) is 6.61 Å². The molecule has 2 N–H and O–H groups in total. The summed E-state index contributed by atoms with van der Waals surface area (Å²) in [5.41, 5.74) is 3.23. The summed E-state index contributed by atoms with van der Waals surface area (Å²) in [6.07, 6.45) is 3.58. The van der Waals surface area contributed by atoms with E-state index in [1.54, 1.807) is 18.2 Å². The smallest absolute Gasteiger partial charge is 0.115 e. The van der Waals surface area contributed by atoms with Gasteiger partial charge in [-0.1, -0.05) is 48.6 Å². The largest absolute Gasteiger partial charge is 0.508 e. The van der Waals surface area contributed by atoms with Crippen LogP contribution in [0.1, 0.15) is 5.56 Å². The first kappa shape index (κ1) is 11.4. The van der Waals surface area contributed by atoms with Crippen LogP contribution in [0.2, 0.25) is 0 Å². The highest BCUT2D eigenvalue weighted by atomic mass is 16.3. The van der Waals surface area contributed by atoms with Crippen molar-refractivity contribution in [2.75, 3.05) is 6.61 Å². The Hall–Kier alpha value is -2.06. The van der Waals surface area contributed by atoms with Crippen LogP contribution >= 0.6 is 0 Å². The monoisotopic (exact) mass is 226 g/mol. The van der Waals surface area contributed by atoms with Gasteiger partial charge in [-0.3, -0.25) is 0 Å². The van der Waals surface area contributed by atoms with E-state index in [4.69, 9.17) is 5.11 Å². The van der Waals surface area contributed by atoms with E-state index in [9.17, 15) is 5.11 Å². The predicted molar refractivity (Wildman–Crippen MR) is 69.7 cm³/mol. The fraction of sp³-hybridized carbons (Fsp3) is 0.0667. The number of aliphatic hydroxyl groups is 1. The maximum atomic E-state index is 9.21. The summed E-state index contributed by atoms with van der Waals surface area (Å²) in [5, 5.41) is 17.9. The molecule has 0 aliphatic heterocycles. The summed E-state index contributed by atoms with van der Waals surface area (Å²) in [6.45, 7) is 0.0553. The first-order chi connectivity index (χ1) is 8.29. The van der Waals surface area contributed by atoms with Crippen LogP contribution in [0.3, 0.4) is 0 Å². The standard InChI is InChI=1S/C15H14O2/c16-11-1-2-12-3-5-13(6-4-12)14-7-9-15(17)10-8-14/h1-10,16-17H,11H2. The van der Waals surface area contributed by atoms with Crippen molar-refractivity contribution in [3.8, 4) is 16.9 Å². The number of benzene rings is 2. The van der Waals surface area contributed by atoms with Crippen molar-refractivity contribution < 1.29 is 10.2 Å². The number of hydrogen-bond donors (Lipinski definition) is 2. The van der Waals surface area contributed by atoms with Crippen LogP contribution in [-0.4, -0.2) is 16.8 Å². The minimum absolute atomic E-state index is 0.0553. The minimum Gasteiger partial charge on any atom is -0.508 e. The second kappa shape index (κ2) is 5.32. The molecule has 0 aliphatic rings. The molecule has 0 spiro atoms. The first-order valence-corrected chi connectivity index (χ1v) is 5.46. The van der Waals surface area contributed by atoms with Crippen molar-refractivity contribution in [2.24, 2.45) is 0 Å². The Morgan fingerprint density at radius 2 is 1.35 bits per heavy atom. The Balaban J connectivity index is 2.23. The summed E-state index contributed by atoms with van der Waals surface area (Å²) in [7, 11) is 0. The summed E-state index contributed by atoms with van der Waals surface area (Å²) >= 11 is 0. The Bertz CT molecular complexity index is 495. The molecule has 0 fully saturated rings. The maximum Gasteiger partial charge on any atom is 0.115 e. The van der Waals surface area contributed by atoms with Crippen molar-refractivity contribution in [3.05, 3.63) is 60.2 Å². The molecule has 0 saturated heterocycles. The molecule has 17 heavy (non-hydrogen) atoms. The van der Waals surface area contributed by atoms with Gasteiger partial charge >= 0.3 is 0 Å². The van der Waals surface area contributed by atoms with Gasteiger partial charge in [0.25, 0.3) is 0 Å². The molecule has 2 aromatic rings. The zero-order valence-electron chi connectivity index (χ0n) is 9.38. The van der Waals surface area contributed by atoms with Crippen LogP contribution in [0.5, 0.6) is 5.75 Å². The fourth-order valence-electron chi connectivity index (χ4n) is 1.63. The average Bonchev–Trinajstić information content (AvgIpc) is 2.38. The van der Waals surface area contributed by atoms with E-state index in [-0.39, 0.29) is 12.4 Å². The van der Waals surface area contributed by atoms with Crippen LogP contribution in [-0.2, 0) is 0 Å². The molecule has 0 amide bonds. The van der Waals surface area contributed by atoms with Gasteiger partial charge in [-0.15, -0.1) is 0 Å². The molecular formula is C15H14O2. The van der Waals surface area contributed by atoms with Gasteiger partial charge in [0.1, 0.15) is 5.75 Å². The van der Waals surface area contributed by atoms with E-state index in [0.29, 0.717) is 0 Å². The molecule has 2 nitrogen and oxygen atoms in total. The fourth-order valence-corrected chi connectivity index (χ4v) is 1.63. The number of aromatic hydroxyl groups is 1. The van der Waals surface area contributed by atoms with E-state index in [2.05, 4.69) is 0 Å².